The highest BCUT2D eigenvalue weighted by Crippen LogP contribution is 2.50. The number of fused-ring (bicyclic) bond motifs is 1. The number of ether oxygens (including phenoxy) is 2. The summed E-state index contributed by atoms with van der Waals surface area (Å²) < 4.78 is 11.4. The van der Waals surface area contributed by atoms with Crippen LogP contribution in [0.15, 0.2) is 65.1 Å². The van der Waals surface area contributed by atoms with E-state index >= 15 is 0 Å². The summed E-state index contributed by atoms with van der Waals surface area (Å²) in [5.41, 5.74) is 0.979. The zero-order valence-corrected chi connectivity index (χ0v) is 22.5. The first-order valence-corrected chi connectivity index (χ1v) is 13.0. The maximum Gasteiger partial charge on any atom is 0.271 e. The molecule has 39 heavy (non-hydrogen) atoms. The van der Waals surface area contributed by atoms with Gasteiger partial charge in [0.2, 0.25) is 5.91 Å². The van der Waals surface area contributed by atoms with E-state index in [2.05, 4.69) is 15.9 Å². The third-order valence-corrected chi connectivity index (χ3v) is 7.11. The van der Waals surface area contributed by atoms with E-state index in [0.29, 0.717) is 33.8 Å². The number of nitro benzene ring substituents is 1. The third-order valence-electron chi connectivity index (χ3n) is 6.51. The number of hydrogen-bond donors (Lipinski definition) is 1. The van der Waals surface area contributed by atoms with Crippen molar-refractivity contribution in [1.82, 2.24) is 0 Å². The number of nitro groups is 1. The van der Waals surface area contributed by atoms with E-state index in [9.17, 15) is 24.8 Å². The Bertz CT molecular complexity index is 1450. The summed E-state index contributed by atoms with van der Waals surface area (Å²) in [7, 11) is 0. The van der Waals surface area contributed by atoms with Crippen LogP contribution in [0.1, 0.15) is 25.5 Å². The number of halogens is 1. The number of imide groups is 1. The maximum atomic E-state index is 13.9. The summed E-state index contributed by atoms with van der Waals surface area (Å²) in [6, 6.07) is 14.6. The van der Waals surface area contributed by atoms with Crippen LogP contribution in [0.2, 0.25) is 0 Å². The molecule has 0 bridgehead atoms. The maximum absolute atomic E-state index is 13.9. The summed E-state index contributed by atoms with van der Waals surface area (Å²) in [4.78, 5) is 45.5. The van der Waals surface area contributed by atoms with Gasteiger partial charge in [0, 0.05) is 12.1 Å². The molecule has 3 aromatic carbocycles. The Labute approximate surface area is 231 Å². The average Bonchev–Trinajstić information content (AvgIpc) is 3.43. The fourth-order valence-corrected chi connectivity index (χ4v) is 5.32. The van der Waals surface area contributed by atoms with Crippen molar-refractivity contribution in [3.8, 4) is 17.2 Å². The van der Waals surface area contributed by atoms with Crippen LogP contribution in [0.4, 0.5) is 17.1 Å². The summed E-state index contributed by atoms with van der Waals surface area (Å²) >= 11 is 3.34. The number of anilines is 2. The highest BCUT2D eigenvalue weighted by molar-refractivity contribution is 9.10. The number of rotatable bonds is 8. The number of nitrogens with zero attached hydrogens (tertiary/aromatic N) is 3. The molecule has 3 atom stereocenters. The molecule has 0 radical (unpaired) electrons. The number of carbonyl (C=O) groups is 2. The molecule has 0 spiro atoms. The van der Waals surface area contributed by atoms with E-state index in [1.807, 2.05) is 6.92 Å². The lowest BCUT2D eigenvalue weighted by Crippen LogP contribution is -2.37. The van der Waals surface area contributed by atoms with Crippen LogP contribution in [0.3, 0.4) is 0 Å². The molecule has 12 heteroatoms. The highest BCUT2D eigenvalue weighted by atomic mass is 79.9. The quantitative estimate of drug-likeness (QED) is 0.218. The van der Waals surface area contributed by atoms with Crippen molar-refractivity contribution in [3.63, 3.8) is 0 Å². The van der Waals surface area contributed by atoms with Crippen molar-refractivity contribution >= 4 is 44.8 Å². The molecule has 2 aliphatic heterocycles. The molecule has 0 unspecified atom stereocenters. The van der Waals surface area contributed by atoms with Gasteiger partial charge in [0.1, 0.15) is 11.7 Å². The van der Waals surface area contributed by atoms with E-state index in [-0.39, 0.29) is 23.8 Å². The first kappa shape index (κ1) is 26.4. The Balaban J connectivity index is 1.60. The fraction of sp³-hybridized carbons (Fsp3) is 0.259. The summed E-state index contributed by atoms with van der Waals surface area (Å²) in [6.45, 7) is 4.36. The monoisotopic (exact) mass is 597 g/mol. The van der Waals surface area contributed by atoms with Gasteiger partial charge in [-0.05, 0) is 77.8 Å². The molecule has 2 heterocycles. The molecule has 1 N–H and O–H groups in total. The largest absolute Gasteiger partial charge is 0.503 e. The van der Waals surface area contributed by atoms with Crippen molar-refractivity contribution in [1.29, 1.82) is 0 Å². The van der Waals surface area contributed by atoms with Gasteiger partial charge < -0.3 is 14.6 Å². The number of benzene rings is 3. The molecule has 3 aromatic rings. The van der Waals surface area contributed by atoms with Crippen molar-refractivity contribution < 1.29 is 33.9 Å². The standard InChI is InChI=1S/C27H24BrN3O8/c1-3-37-19-10-8-16(9-11-19)29-26(33)22-23(15-12-20(28)24(32)21(13-15)38-4-2)30(39-25(22)27(29)34)17-6-5-7-18(14-17)31(35)36/h5-14,22-23,25,32H,3-4H2,1-2H3/t22-,23+,25-/m0/s1. The van der Waals surface area contributed by atoms with E-state index in [0.717, 1.165) is 4.90 Å². The Morgan fingerprint density at radius 2 is 1.72 bits per heavy atom. The number of carbonyl (C=O) groups excluding carboxylic acids is 2. The molecule has 0 saturated carbocycles. The molecular formula is C27H24BrN3O8. The van der Waals surface area contributed by atoms with Crippen molar-refractivity contribution in [2.24, 2.45) is 5.92 Å². The van der Waals surface area contributed by atoms with E-state index in [4.69, 9.17) is 14.3 Å². The Kier molecular flexibility index (Phi) is 7.15. The second kappa shape index (κ2) is 10.5. The first-order chi connectivity index (χ1) is 18.7. The van der Waals surface area contributed by atoms with Crippen LogP contribution in [0, 0.1) is 16.0 Å². The molecule has 0 aliphatic carbocycles. The van der Waals surface area contributed by atoms with Crippen LogP contribution in [-0.4, -0.2) is 41.2 Å². The van der Waals surface area contributed by atoms with Gasteiger partial charge in [-0.25, -0.2) is 9.96 Å². The smallest absolute Gasteiger partial charge is 0.271 e. The van der Waals surface area contributed by atoms with Crippen molar-refractivity contribution in [2.75, 3.05) is 23.2 Å². The number of hydroxylamine groups is 1. The van der Waals surface area contributed by atoms with Crippen LogP contribution in [-0.2, 0) is 14.4 Å². The molecule has 2 saturated heterocycles. The highest BCUT2D eigenvalue weighted by Gasteiger charge is 2.60. The van der Waals surface area contributed by atoms with Crippen LogP contribution in [0.25, 0.3) is 0 Å². The van der Waals surface area contributed by atoms with Gasteiger partial charge in [0.25, 0.3) is 11.6 Å². The molecule has 5 rings (SSSR count). The average molecular weight is 598 g/mol. The SMILES string of the molecule is CCOc1ccc(N2C(=O)[C@@H]3[C@H](ON(c4cccc([N+](=O)[O-])c4)[C@@H]3c3cc(Br)c(O)c(OCC)c3)C2=O)cc1. The first-order valence-electron chi connectivity index (χ1n) is 12.2. The molecule has 2 fully saturated rings. The molecule has 0 aromatic heterocycles. The number of hydrogen-bond acceptors (Lipinski definition) is 9. The number of aromatic hydroxyl groups is 1. The van der Waals surface area contributed by atoms with E-state index in [1.165, 1.54) is 23.3 Å². The minimum atomic E-state index is -1.18. The Hall–Kier alpha value is -4.16. The van der Waals surface area contributed by atoms with Gasteiger partial charge >= 0.3 is 0 Å². The molecule has 2 amide bonds. The zero-order chi connectivity index (χ0) is 27.8. The lowest BCUT2D eigenvalue weighted by Gasteiger charge is -2.29. The summed E-state index contributed by atoms with van der Waals surface area (Å²) in [5.74, 6) is -1.39. The topological polar surface area (TPSA) is 132 Å². The fourth-order valence-electron chi connectivity index (χ4n) is 4.86. The lowest BCUT2D eigenvalue weighted by atomic mass is 9.90. The van der Waals surface area contributed by atoms with Crippen LogP contribution >= 0.6 is 15.9 Å². The number of non-ortho nitro benzene ring substituents is 1. The van der Waals surface area contributed by atoms with Gasteiger partial charge in [-0.15, -0.1) is 0 Å². The number of phenolic OH excluding ortho intramolecular Hbond substituents is 1. The minimum absolute atomic E-state index is 0.122. The second-order valence-corrected chi connectivity index (χ2v) is 9.68. The van der Waals surface area contributed by atoms with Gasteiger partial charge in [-0.2, -0.15) is 0 Å². The minimum Gasteiger partial charge on any atom is -0.503 e. The molecular weight excluding hydrogens is 574 g/mol. The lowest BCUT2D eigenvalue weighted by molar-refractivity contribution is -0.384. The van der Waals surface area contributed by atoms with Crippen LogP contribution < -0.4 is 19.4 Å². The number of phenols is 1. The molecule has 2 aliphatic rings. The molecule has 11 nitrogen and oxygen atoms in total. The van der Waals surface area contributed by atoms with Crippen molar-refractivity contribution in [3.05, 3.63) is 80.8 Å². The second-order valence-electron chi connectivity index (χ2n) is 8.82. The zero-order valence-electron chi connectivity index (χ0n) is 20.9. The third kappa shape index (κ3) is 4.66. The molecule has 202 valence electrons. The van der Waals surface area contributed by atoms with E-state index < -0.39 is 34.8 Å². The normalized spacial score (nSPS) is 20.3. The summed E-state index contributed by atoms with van der Waals surface area (Å²) in [6.07, 6.45) is -1.18. The predicted molar refractivity (Wildman–Crippen MR) is 144 cm³/mol. The van der Waals surface area contributed by atoms with Gasteiger partial charge in [-0.3, -0.25) is 24.5 Å². The Morgan fingerprint density at radius 3 is 2.38 bits per heavy atom. The summed E-state index contributed by atoms with van der Waals surface area (Å²) in [5, 5.41) is 23.3. The van der Waals surface area contributed by atoms with Crippen LogP contribution in [0.5, 0.6) is 17.2 Å². The van der Waals surface area contributed by atoms with Crippen molar-refractivity contribution in [2.45, 2.75) is 26.0 Å². The predicted octanol–water partition coefficient (Wildman–Crippen LogP) is 4.91. The van der Waals surface area contributed by atoms with Gasteiger partial charge in [0.05, 0.1) is 40.0 Å². The number of amides is 2. The van der Waals surface area contributed by atoms with E-state index in [1.54, 1.807) is 49.4 Å². The Morgan fingerprint density at radius 1 is 1.00 bits per heavy atom. The van der Waals surface area contributed by atoms with Gasteiger partial charge in [0.15, 0.2) is 17.6 Å². The van der Waals surface area contributed by atoms with Gasteiger partial charge in [-0.1, -0.05) is 6.07 Å².